The second kappa shape index (κ2) is 6.31. The van der Waals surface area contributed by atoms with Gasteiger partial charge in [-0.2, -0.15) is 5.10 Å². The van der Waals surface area contributed by atoms with E-state index in [0.717, 1.165) is 5.56 Å². The van der Waals surface area contributed by atoms with Crippen LogP contribution in [-0.2, 0) is 9.59 Å². The molecule has 0 radical (unpaired) electrons. The molecule has 1 fully saturated rings. The van der Waals surface area contributed by atoms with Gasteiger partial charge in [-0.15, -0.1) is 0 Å². The molecule has 2 aromatic heterocycles. The van der Waals surface area contributed by atoms with Gasteiger partial charge in [0.2, 0.25) is 11.8 Å². The Morgan fingerprint density at radius 3 is 2.78 bits per heavy atom. The number of aromatic nitrogens is 3. The summed E-state index contributed by atoms with van der Waals surface area (Å²) in [5, 5.41) is 10.1. The number of amides is 2. The van der Waals surface area contributed by atoms with Crippen molar-refractivity contribution in [3.05, 3.63) is 53.7 Å². The molecule has 1 aliphatic carbocycles. The molecular formula is C19H16FN5O2. The number of carbonyl (C=O) groups excluding carboxylic acids is 2. The molecule has 0 aliphatic heterocycles. The van der Waals surface area contributed by atoms with Crippen LogP contribution in [0.1, 0.15) is 24.1 Å². The van der Waals surface area contributed by atoms with Gasteiger partial charge in [-0.1, -0.05) is 12.1 Å². The van der Waals surface area contributed by atoms with Crippen LogP contribution in [0.25, 0.3) is 23.1 Å². The Labute approximate surface area is 153 Å². The Morgan fingerprint density at radius 2 is 2.11 bits per heavy atom. The first kappa shape index (κ1) is 16.9. The van der Waals surface area contributed by atoms with Crippen LogP contribution in [0.15, 0.2) is 36.7 Å². The standard InChI is InChI=1S/C19H16FN5O2/c20-13-9-15-12(8-16(13)23-18(27)19(5-6-19)17(21)26)14(24-25-15)4-3-11-2-1-7-22-10-11/h1-4,7-10H,5-6H2,(H2,21,26)(H,23,27)(H,24,25)/b4-3+. The average molecular weight is 365 g/mol. The average Bonchev–Trinajstić information content (AvgIpc) is 3.39. The maximum absolute atomic E-state index is 14.3. The molecule has 4 N–H and O–H groups in total. The molecule has 1 aliphatic rings. The molecule has 0 unspecified atom stereocenters. The number of hydrogen-bond acceptors (Lipinski definition) is 4. The summed E-state index contributed by atoms with van der Waals surface area (Å²) in [6.07, 6.45) is 7.74. The lowest BCUT2D eigenvalue weighted by molar-refractivity contribution is -0.132. The Hall–Kier alpha value is -3.55. The monoisotopic (exact) mass is 365 g/mol. The molecule has 27 heavy (non-hydrogen) atoms. The van der Waals surface area contributed by atoms with Gasteiger partial charge in [-0.25, -0.2) is 4.39 Å². The smallest absolute Gasteiger partial charge is 0.240 e. The summed E-state index contributed by atoms with van der Waals surface area (Å²) in [5.74, 6) is -1.89. The van der Waals surface area contributed by atoms with Crippen LogP contribution in [0.5, 0.6) is 0 Å². The lowest BCUT2D eigenvalue weighted by Gasteiger charge is -2.12. The first-order chi connectivity index (χ1) is 13.0. The zero-order valence-corrected chi connectivity index (χ0v) is 14.2. The number of pyridine rings is 1. The molecule has 0 bridgehead atoms. The molecule has 0 saturated heterocycles. The van der Waals surface area contributed by atoms with E-state index < -0.39 is 23.0 Å². The number of benzene rings is 1. The first-order valence-electron chi connectivity index (χ1n) is 8.37. The molecule has 136 valence electrons. The SMILES string of the molecule is NC(=O)C1(C(=O)Nc2cc3c(/C=C/c4cccnc4)n[nH]c3cc2F)CC1. The number of rotatable bonds is 5. The van der Waals surface area contributed by atoms with Crippen LogP contribution in [0.3, 0.4) is 0 Å². The number of fused-ring (bicyclic) bond motifs is 1. The highest BCUT2D eigenvalue weighted by Crippen LogP contribution is 2.46. The van der Waals surface area contributed by atoms with Crippen LogP contribution in [0.4, 0.5) is 10.1 Å². The summed E-state index contributed by atoms with van der Waals surface area (Å²) >= 11 is 0. The van der Waals surface area contributed by atoms with Crippen molar-refractivity contribution >= 4 is 40.6 Å². The topological polar surface area (TPSA) is 114 Å². The number of nitrogens with zero attached hydrogens (tertiary/aromatic N) is 2. The Balaban J connectivity index is 1.65. The zero-order valence-electron chi connectivity index (χ0n) is 14.2. The second-order valence-corrected chi connectivity index (χ2v) is 6.51. The van der Waals surface area contributed by atoms with Gasteiger partial charge in [-0.05, 0) is 36.6 Å². The summed E-state index contributed by atoms with van der Waals surface area (Å²) in [7, 11) is 0. The number of nitrogens with one attached hydrogen (secondary N) is 2. The van der Waals surface area contributed by atoms with Crippen molar-refractivity contribution in [2.24, 2.45) is 11.1 Å². The number of hydrogen-bond donors (Lipinski definition) is 3. The van der Waals surface area contributed by atoms with Gasteiger partial charge in [0, 0.05) is 23.8 Å². The third kappa shape index (κ3) is 3.05. The summed E-state index contributed by atoms with van der Waals surface area (Å²) in [6, 6.07) is 6.45. The van der Waals surface area contributed by atoms with Crippen LogP contribution in [0.2, 0.25) is 0 Å². The third-order valence-electron chi connectivity index (χ3n) is 4.70. The predicted octanol–water partition coefficient (Wildman–Crippen LogP) is 2.47. The fourth-order valence-corrected chi connectivity index (χ4v) is 2.88. The Kier molecular flexibility index (Phi) is 3.95. The van der Waals surface area contributed by atoms with E-state index in [2.05, 4.69) is 20.5 Å². The van der Waals surface area contributed by atoms with E-state index in [4.69, 9.17) is 5.73 Å². The van der Waals surface area contributed by atoms with Gasteiger partial charge in [0.05, 0.1) is 16.9 Å². The van der Waals surface area contributed by atoms with Gasteiger partial charge in [0.15, 0.2) is 0 Å². The molecule has 2 heterocycles. The van der Waals surface area contributed by atoms with Gasteiger partial charge in [0.25, 0.3) is 0 Å². The van der Waals surface area contributed by atoms with Crippen molar-refractivity contribution < 1.29 is 14.0 Å². The molecule has 3 aromatic rings. The maximum Gasteiger partial charge on any atom is 0.240 e. The minimum absolute atomic E-state index is 0.0162. The zero-order chi connectivity index (χ0) is 19.0. The van der Waals surface area contributed by atoms with Crippen molar-refractivity contribution in [3.8, 4) is 0 Å². The highest BCUT2D eigenvalue weighted by Gasteiger charge is 2.55. The van der Waals surface area contributed by atoms with Crippen molar-refractivity contribution in [2.75, 3.05) is 5.32 Å². The number of anilines is 1. The van der Waals surface area contributed by atoms with Crippen molar-refractivity contribution in [3.63, 3.8) is 0 Å². The third-order valence-corrected chi connectivity index (χ3v) is 4.70. The fourth-order valence-electron chi connectivity index (χ4n) is 2.88. The van der Waals surface area contributed by atoms with Crippen molar-refractivity contribution in [1.29, 1.82) is 0 Å². The molecule has 0 atom stereocenters. The summed E-state index contributed by atoms with van der Waals surface area (Å²) in [5.41, 5.74) is 6.02. The highest BCUT2D eigenvalue weighted by molar-refractivity contribution is 6.13. The summed E-state index contributed by atoms with van der Waals surface area (Å²) in [6.45, 7) is 0. The normalized spacial score (nSPS) is 15.1. The molecule has 2 amide bonds. The largest absolute Gasteiger partial charge is 0.369 e. The first-order valence-corrected chi connectivity index (χ1v) is 8.37. The molecule has 4 rings (SSSR count). The van der Waals surface area contributed by atoms with E-state index in [1.54, 1.807) is 18.5 Å². The van der Waals surface area contributed by atoms with Crippen LogP contribution >= 0.6 is 0 Å². The van der Waals surface area contributed by atoms with Gasteiger partial charge >= 0.3 is 0 Å². The van der Waals surface area contributed by atoms with E-state index >= 15 is 0 Å². The molecular weight excluding hydrogens is 349 g/mol. The highest BCUT2D eigenvalue weighted by atomic mass is 19.1. The molecule has 8 heteroatoms. The van der Waals surface area contributed by atoms with E-state index in [-0.39, 0.29) is 5.69 Å². The number of nitrogens with two attached hydrogens (primary N) is 1. The number of primary amides is 1. The van der Waals surface area contributed by atoms with E-state index in [1.165, 1.54) is 12.1 Å². The summed E-state index contributed by atoms with van der Waals surface area (Å²) < 4.78 is 14.3. The van der Waals surface area contributed by atoms with E-state index in [9.17, 15) is 14.0 Å². The van der Waals surface area contributed by atoms with Gasteiger partial charge in [0.1, 0.15) is 11.2 Å². The van der Waals surface area contributed by atoms with Crippen LogP contribution in [0, 0.1) is 11.2 Å². The molecule has 0 spiro atoms. The molecule has 1 saturated carbocycles. The maximum atomic E-state index is 14.3. The lowest BCUT2D eigenvalue weighted by Crippen LogP contribution is -2.36. The fraction of sp³-hybridized carbons (Fsp3) is 0.158. The number of carbonyl (C=O) groups is 2. The summed E-state index contributed by atoms with van der Waals surface area (Å²) in [4.78, 5) is 27.9. The van der Waals surface area contributed by atoms with Gasteiger partial charge < -0.3 is 11.1 Å². The number of halogens is 1. The Bertz CT molecular complexity index is 1070. The minimum atomic E-state index is -1.22. The van der Waals surface area contributed by atoms with Crippen molar-refractivity contribution in [1.82, 2.24) is 15.2 Å². The van der Waals surface area contributed by atoms with E-state index in [1.807, 2.05) is 18.2 Å². The minimum Gasteiger partial charge on any atom is -0.369 e. The van der Waals surface area contributed by atoms with E-state index in [0.29, 0.717) is 29.4 Å². The quantitative estimate of drug-likeness (QED) is 0.603. The molecule has 1 aromatic carbocycles. The van der Waals surface area contributed by atoms with Crippen LogP contribution in [-0.4, -0.2) is 27.0 Å². The van der Waals surface area contributed by atoms with Crippen molar-refractivity contribution in [2.45, 2.75) is 12.8 Å². The number of aromatic amines is 1. The lowest BCUT2D eigenvalue weighted by atomic mass is 10.1. The van der Waals surface area contributed by atoms with Crippen LogP contribution < -0.4 is 11.1 Å². The number of H-pyrrole nitrogens is 1. The predicted molar refractivity (Wildman–Crippen MR) is 98.7 cm³/mol. The Morgan fingerprint density at radius 1 is 1.30 bits per heavy atom. The van der Waals surface area contributed by atoms with Gasteiger partial charge in [-0.3, -0.25) is 19.7 Å². The second-order valence-electron chi connectivity index (χ2n) is 6.51. The molecule has 7 nitrogen and oxygen atoms in total.